The van der Waals surface area contributed by atoms with Gasteiger partial charge in [0.15, 0.2) is 0 Å². The molecule has 0 amide bonds. The van der Waals surface area contributed by atoms with E-state index >= 15 is 0 Å². The van der Waals surface area contributed by atoms with Crippen molar-refractivity contribution in [3.63, 3.8) is 0 Å². The summed E-state index contributed by atoms with van der Waals surface area (Å²) in [4.78, 5) is 22.0. The molecule has 0 fully saturated rings. The van der Waals surface area contributed by atoms with E-state index in [0.29, 0.717) is 0 Å². The number of carbonyl (C=O) groups is 2. The fourth-order valence-corrected chi connectivity index (χ4v) is 4.80. The zero-order valence-corrected chi connectivity index (χ0v) is 19.0. The molecule has 5 rings (SSSR count). The summed E-state index contributed by atoms with van der Waals surface area (Å²) >= 11 is 1.68. The van der Waals surface area contributed by atoms with Crippen molar-refractivity contribution in [3.05, 3.63) is 118 Å². The van der Waals surface area contributed by atoms with E-state index in [2.05, 4.69) is 47.9 Å². The van der Waals surface area contributed by atoms with Crippen molar-refractivity contribution in [3.8, 4) is 23.7 Å². The van der Waals surface area contributed by atoms with Gasteiger partial charge in [-0.25, -0.2) is 9.59 Å². The van der Waals surface area contributed by atoms with Crippen LogP contribution < -0.4 is 0 Å². The van der Waals surface area contributed by atoms with Gasteiger partial charge in [-0.2, -0.15) is 0 Å². The third-order valence-electron chi connectivity index (χ3n) is 5.44. The predicted molar refractivity (Wildman–Crippen MR) is 138 cm³/mol. The van der Waals surface area contributed by atoms with E-state index in [9.17, 15) is 9.59 Å². The molecule has 1 aromatic heterocycles. The number of carboxylic acids is 2. The minimum atomic E-state index is -0.955. The Kier molecular flexibility index (Phi) is 5.77. The lowest BCUT2D eigenvalue weighted by Crippen LogP contribution is -1.94. The number of hydrogen-bond donors (Lipinski definition) is 2. The highest BCUT2D eigenvalue weighted by molar-refractivity contribution is 7.25. The molecule has 1 heterocycles. The standard InChI is InChI=1S/C30H16O4S/c31-29(32)23-11-5-19(6-12-23)1-3-21-9-15-25-26-16-10-22(18-28(26)35-27(25)17-21)4-2-20-7-13-24(14-8-20)30(33)34/h5-18H,(H,31,32)(H,33,34). The largest absolute Gasteiger partial charge is 0.478 e. The number of carboxylic acid groups (broad SMARTS) is 2. The molecule has 5 heteroatoms. The number of rotatable bonds is 2. The van der Waals surface area contributed by atoms with Gasteiger partial charge >= 0.3 is 11.9 Å². The Labute approximate surface area is 205 Å². The van der Waals surface area contributed by atoms with E-state index in [1.165, 1.54) is 0 Å². The van der Waals surface area contributed by atoms with Crippen molar-refractivity contribution < 1.29 is 19.8 Å². The molecule has 0 bridgehead atoms. The Morgan fingerprint density at radius 1 is 0.514 bits per heavy atom. The van der Waals surface area contributed by atoms with E-state index in [-0.39, 0.29) is 11.1 Å². The fraction of sp³-hybridized carbons (Fsp3) is 0. The highest BCUT2D eigenvalue weighted by atomic mass is 32.1. The van der Waals surface area contributed by atoms with Crippen molar-refractivity contribution in [1.82, 2.24) is 0 Å². The van der Waals surface area contributed by atoms with Gasteiger partial charge in [0.1, 0.15) is 0 Å². The van der Waals surface area contributed by atoms with Crippen LogP contribution in [0.3, 0.4) is 0 Å². The third kappa shape index (κ3) is 4.77. The molecule has 0 aliphatic carbocycles. The van der Waals surface area contributed by atoms with Crippen LogP contribution in [0.15, 0.2) is 84.9 Å². The molecule has 5 aromatic rings. The number of thiophene rings is 1. The number of benzene rings is 4. The summed E-state index contributed by atoms with van der Waals surface area (Å²) in [6.45, 7) is 0. The molecule has 0 aliphatic heterocycles. The van der Waals surface area contributed by atoms with Gasteiger partial charge < -0.3 is 10.2 Å². The molecule has 166 valence electrons. The van der Waals surface area contributed by atoms with Crippen molar-refractivity contribution in [2.24, 2.45) is 0 Å². The summed E-state index contributed by atoms with van der Waals surface area (Å²) in [5.74, 6) is 10.6. The lowest BCUT2D eigenvalue weighted by atomic mass is 10.1. The van der Waals surface area contributed by atoms with Gasteiger partial charge in [-0.05, 0) is 72.8 Å². The number of hydrogen-bond acceptors (Lipinski definition) is 3. The Hall–Kier alpha value is -4.84. The van der Waals surface area contributed by atoms with Crippen LogP contribution in [0.25, 0.3) is 20.2 Å². The average molecular weight is 473 g/mol. The number of aromatic carboxylic acids is 2. The molecular weight excluding hydrogens is 456 g/mol. The van der Waals surface area contributed by atoms with Crippen LogP contribution in [0.5, 0.6) is 0 Å². The lowest BCUT2D eigenvalue weighted by Gasteiger charge is -1.95. The van der Waals surface area contributed by atoms with Crippen molar-refractivity contribution in [1.29, 1.82) is 0 Å². The molecular formula is C30H16O4S. The van der Waals surface area contributed by atoms with Crippen molar-refractivity contribution in [2.45, 2.75) is 0 Å². The summed E-state index contributed by atoms with van der Waals surface area (Å²) in [6.07, 6.45) is 0. The predicted octanol–water partition coefficient (Wildman–Crippen LogP) is 6.25. The Balaban J connectivity index is 1.41. The second-order valence-corrected chi connectivity index (χ2v) is 8.87. The first-order valence-corrected chi connectivity index (χ1v) is 11.4. The van der Waals surface area contributed by atoms with Crippen LogP contribution in [-0.2, 0) is 0 Å². The Morgan fingerprint density at radius 3 is 1.23 bits per heavy atom. The van der Waals surface area contributed by atoms with E-state index in [0.717, 1.165) is 42.4 Å². The maximum absolute atomic E-state index is 11.0. The third-order valence-corrected chi connectivity index (χ3v) is 6.55. The number of fused-ring (bicyclic) bond motifs is 3. The first-order chi connectivity index (χ1) is 17.0. The SMILES string of the molecule is O=C(O)c1ccc(C#Cc2ccc3c(c2)sc2cc(C#Cc4ccc(C(=O)O)cc4)ccc23)cc1. The molecule has 0 aliphatic rings. The van der Waals surface area contributed by atoms with Crippen LogP contribution in [0.4, 0.5) is 0 Å². The Bertz CT molecular complexity index is 1610. The van der Waals surface area contributed by atoms with Gasteiger partial charge in [0.2, 0.25) is 0 Å². The van der Waals surface area contributed by atoms with E-state index in [1.807, 2.05) is 12.1 Å². The quantitative estimate of drug-likeness (QED) is 0.298. The minimum absolute atomic E-state index is 0.238. The first-order valence-electron chi connectivity index (χ1n) is 10.6. The average Bonchev–Trinajstić information content (AvgIpc) is 3.23. The van der Waals surface area contributed by atoms with Gasteiger partial charge in [-0.3, -0.25) is 0 Å². The van der Waals surface area contributed by atoms with Crippen LogP contribution in [0.1, 0.15) is 43.0 Å². The molecule has 0 unspecified atom stereocenters. The molecule has 35 heavy (non-hydrogen) atoms. The van der Waals surface area contributed by atoms with Crippen LogP contribution in [-0.4, -0.2) is 22.2 Å². The molecule has 4 aromatic carbocycles. The summed E-state index contributed by atoms with van der Waals surface area (Å²) in [5.41, 5.74) is 3.76. The zero-order chi connectivity index (χ0) is 24.4. The lowest BCUT2D eigenvalue weighted by molar-refractivity contribution is 0.0686. The molecule has 0 saturated carbocycles. The molecule has 0 radical (unpaired) electrons. The topological polar surface area (TPSA) is 74.6 Å². The van der Waals surface area contributed by atoms with Crippen LogP contribution >= 0.6 is 11.3 Å². The first kappa shape index (κ1) is 22.0. The fourth-order valence-electron chi connectivity index (χ4n) is 3.61. The minimum Gasteiger partial charge on any atom is -0.478 e. The normalized spacial score (nSPS) is 10.3. The highest BCUT2D eigenvalue weighted by Gasteiger charge is 2.06. The summed E-state index contributed by atoms with van der Waals surface area (Å²) in [7, 11) is 0. The molecule has 4 nitrogen and oxygen atoms in total. The van der Waals surface area contributed by atoms with E-state index in [1.54, 1.807) is 59.9 Å². The van der Waals surface area contributed by atoms with Crippen molar-refractivity contribution in [2.75, 3.05) is 0 Å². The molecule has 0 spiro atoms. The monoisotopic (exact) mass is 472 g/mol. The molecule has 2 N–H and O–H groups in total. The van der Waals surface area contributed by atoms with E-state index < -0.39 is 11.9 Å². The second-order valence-electron chi connectivity index (χ2n) is 7.79. The van der Waals surface area contributed by atoms with Gasteiger partial charge in [0.25, 0.3) is 0 Å². The highest BCUT2D eigenvalue weighted by Crippen LogP contribution is 2.34. The molecule has 0 saturated heterocycles. The summed E-state index contributed by atoms with van der Waals surface area (Å²) in [5, 5.41) is 20.3. The van der Waals surface area contributed by atoms with Crippen LogP contribution in [0.2, 0.25) is 0 Å². The van der Waals surface area contributed by atoms with Crippen LogP contribution in [0, 0.1) is 23.7 Å². The van der Waals surface area contributed by atoms with Gasteiger partial charge in [0, 0.05) is 42.4 Å². The van der Waals surface area contributed by atoms with Gasteiger partial charge in [-0.1, -0.05) is 35.8 Å². The van der Waals surface area contributed by atoms with Crippen molar-refractivity contribution >= 4 is 43.4 Å². The van der Waals surface area contributed by atoms with Gasteiger partial charge in [-0.15, -0.1) is 11.3 Å². The maximum atomic E-state index is 11.0. The van der Waals surface area contributed by atoms with Gasteiger partial charge in [0.05, 0.1) is 11.1 Å². The van der Waals surface area contributed by atoms with E-state index in [4.69, 9.17) is 10.2 Å². The molecule has 0 atom stereocenters. The smallest absolute Gasteiger partial charge is 0.335 e. The summed E-state index contributed by atoms with van der Waals surface area (Å²) in [6, 6.07) is 25.3. The zero-order valence-electron chi connectivity index (χ0n) is 18.2. The second kappa shape index (κ2) is 9.19. The summed E-state index contributed by atoms with van der Waals surface area (Å²) < 4.78 is 2.25. The maximum Gasteiger partial charge on any atom is 0.335 e. The Morgan fingerprint density at radius 2 is 0.857 bits per heavy atom.